The molecule has 3 aromatic rings. The fourth-order valence-corrected chi connectivity index (χ4v) is 2.82. The Morgan fingerprint density at radius 3 is 2.36 bits per heavy atom. The van der Waals surface area contributed by atoms with E-state index in [1.165, 1.54) is 11.1 Å². The van der Waals surface area contributed by atoms with Gasteiger partial charge in [-0.15, -0.1) is 0 Å². The van der Waals surface area contributed by atoms with E-state index in [4.69, 9.17) is 4.98 Å². The molecule has 3 rings (SSSR count). The van der Waals surface area contributed by atoms with E-state index in [-0.39, 0.29) is 11.4 Å². The number of amides is 1. The molecule has 0 radical (unpaired) electrons. The minimum atomic E-state index is -0.290. The first kappa shape index (κ1) is 17.2. The van der Waals surface area contributed by atoms with Crippen LogP contribution in [0, 0.1) is 13.8 Å². The van der Waals surface area contributed by atoms with E-state index < -0.39 is 0 Å². The van der Waals surface area contributed by atoms with E-state index in [1.807, 2.05) is 51.1 Å². The number of hydrogen-bond acceptors (Lipinski definition) is 2. The minimum Gasteiger partial charge on any atom is -0.347 e. The maximum Gasteiger partial charge on any atom is 0.252 e. The van der Waals surface area contributed by atoms with E-state index in [0.29, 0.717) is 5.56 Å². The summed E-state index contributed by atoms with van der Waals surface area (Å²) in [6.07, 6.45) is 0. The molecule has 0 unspecified atom stereocenters. The number of nitrogens with zero attached hydrogens (tertiary/aromatic N) is 1. The summed E-state index contributed by atoms with van der Waals surface area (Å²) in [7, 11) is 0. The summed E-state index contributed by atoms with van der Waals surface area (Å²) in [5, 5.41) is 3.93. The number of carbonyl (C=O) groups excluding carboxylic acids is 1. The lowest BCUT2D eigenvalue weighted by atomic mass is 10.00. The molecule has 0 saturated heterocycles. The zero-order valence-electron chi connectivity index (χ0n) is 15.5. The van der Waals surface area contributed by atoms with Crippen LogP contribution in [0.15, 0.2) is 48.5 Å². The lowest BCUT2D eigenvalue weighted by Crippen LogP contribution is -2.40. The number of aromatic nitrogens is 1. The number of nitrogens with one attached hydrogen (secondary N) is 1. The van der Waals surface area contributed by atoms with Gasteiger partial charge in [0.05, 0.1) is 16.8 Å². The maximum absolute atomic E-state index is 12.8. The van der Waals surface area contributed by atoms with E-state index >= 15 is 0 Å². The third-order valence-electron chi connectivity index (χ3n) is 4.25. The molecule has 0 bridgehead atoms. The SMILES string of the molecule is Cc1ccc(-c2cc(C(=O)NC(C)(C)C)c3ccccc3n2)cc1C. The number of rotatable bonds is 2. The smallest absolute Gasteiger partial charge is 0.252 e. The molecule has 1 aromatic heterocycles. The second-order valence-corrected chi connectivity index (χ2v) is 7.58. The predicted octanol–water partition coefficient (Wildman–Crippen LogP) is 5.05. The molecule has 0 aliphatic carbocycles. The quantitative estimate of drug-likeness (QED) is 0.714. The molecule has 0 spiro atoms. The van der Waals surface area contributed by atoms with Crippen molar-refractivity contribution in [2.75, 3.05) is 0 Å². The molecule has 0 aliphatic heterocycles. The van der Waals surface area contributed by atoms with Crippen LogP contribution in [0.3, 0.4) is 0 Å². The summed E-state index contributed by atoms with van der Waals surface area (Å²) < 4.78 is 0. The van der Waals surface area contributed by atoms with Gasteiger partial charge in [0.25, 0.3) is 5.91 Å². The van der Waals surface area contributed by atoms with Crippen molar-refractivity contribution < 1.29 is 4.79 Å². The van der Waals surface area contributed by atoms with Crippen LogP contribution in [0.1, 0.15) is 42.3 Å². The molecule has 0 atom stereocenters. The second kappa shape index (κ2) is 6.32. The summed E-state index contributed by atoms with van der Waals surface area (Å²) in [6.45, 7) is 10.1. The molecule has 2 aromatic carbocycles. The normalized spacial score (nSPS) is 11.6. The van der Waals surface area contributed by atoms with Gasteiger partial charge in [0.1, 0.15) is 0 Å². The summed E-state index contributed by atoms with van der Waals surface area (Å²) in [5.74, 6) is -0.0730. The largest absolute Gasteiger partial charge is 0.347 e. The number of benzene rings is 2. The molecule has 1 N–H and O–H groups in total. The van der Waals surface area contributed by atoms with Gasteiger partial charge in [-0.2, -0.15) is 0 Å². The number of aryl methyl sites for hydroxylation is 2. The van der Waals surface area contributed by atoms with Crippen molar-refractivity contribution in [3.05, 3.63) is 65.2 Å². The highest BCUT2D eigenvalue weighted by Crippen LogP contribution is 2.26. The average molecular weight is 332 g/mol. The first-order valence-corrected chi connectivity index (χ1v) is 8.54. The van der Waals surface area contributed by atoms with Crippen LogP contribution >= 0.6 is 0 Å². The average Bonchev–Trinajstić information content (AvgIpc) is 2.54. The third-order valence-corrected chi connectivity index (χ3v) is 4.25. The van der Waals surface area contributed by atoms with Crippen LogP contribution in [0.2, 0.25) is 0 Å². The van der Waals surface area contributed by atoms with Crippen LogP contribution in [-0.4, -0.2) is 16.4 Å². The molecule has 1 heterocycles. The van der Waals surface area contributed by atoms with Gasteiger partial charge in [-0.05, 0) is 63.9 Å². The number of fused-ring (bicyclic) bond motifs is 1. The first-order chi connectivity index (χ1) is 11.7. The summed E-state index contributed by atoms with van der Waals surface area (Å²) in [5.41, 5.74) is 5.51. The van der Waals surface area contributed by atoms with Crippen molar-refractivity contribution in [2.45, 2.75) is 40.2 Å². The van der Waals surface area contributed by atoms with E-state index in [9.17, 15) is 4.79 Å². The molecule has 3 heteroatoms. The van der Waals surface area contributed by atoms with E-state index in [2.05, 4.69) is 37.4 Å². The number of pyridine rings is 1. The number of para-hydroxylation sites is 1. The lowest BCUT2D eigenvalue weighted by molar-refractivity contribution is 0.0921. The maximum atomic E-state index is 12.8. The monoisotopic (exact) mass is 332 g/mol. The molecule has 0 fully saturated rings. The van der Waals surface area contributed by atoms with Gasteiger partial charge in [-0.25, -0.2) is 4.98 Å². The van der Waals surface area contributed by atoms with Crippen molar-refractivity contribution >= 4 is 16.8 Å². The Kier molecular flexibility index (Phi) is 4.34. The Bertz CT molecular complexity index is 952. The molecular formula is C22H24N2O. The van der Waals surface area contributed by atoms with Crippen LogP contribution < -0.4 is 5.32 Å². The summed E-state index contributed by atoms with van der Waals surface area (Å²) in [4.78, 5) is 17.6. The van der Waals surface area contributed by atoms with Gasteiger partial charge in [0, 0.05) is 16.5 Å². The Hall–Kier alpha value is -2.68. The fourth-order valence-electron chi connectivity index (χ4n) is 2.82. The molecule has 128 valence electrons. The Labute approximate surface area is 149 Å². The van der Waals surface area contributed by atoms with Crippen molar-refractivity contribution in [3.8, 4) is 11.3 Å². The van der Waals surface area contributed by atoms with Crippen molar-refractivity contribution in [1.82, 2.24) is 10.3 Å². The van der Waals surface area contributed by atoms with Crippen LogP contribution in [0.25, 0.3) is 22.2 Å². The van der Waals surface area contributed by atoms with Crippen molar-refractivity contribution in [3.63, 3.8) is 0 Å². The molecule has 3 nitrogen and oxygen atoms in total. The number of carbonyl (C=O) groups is 1. The summed E-state index contributed by atoms with van der Waals surface area (Å²) >= 11 is 0. The Morgan fingerprint density at radius 1 is 0.960 bits per heavy atom. The first-order valence-electron chi connectivity index (χ1n) is 8.54. The Balaban J connectivity index is 2.18. The minimum absolute atomic E-state index is 0.0730. The van der Waals surface area contributed by atoms with Gasteiger partial charge >= 0.3 is 0 Å². The predicted molar refractivity (Wildman–Crippen MR) is 104 cm³/mol. The molecular weight excluding hydrogens is 308 g/mol. The highest BCUT2D eigenvalue weighted by atomic mass is 16.1. The third kappa shape index (κ3) is 3.71. The molecule has 25 heavy (non-hydrogen) atoms. The highest BCUT2D eigenvalue weighted by Gasteiger charge is 2.19. The fraction of sp³-hybridized carbons (Fsp3) is 0.273. The molecule has 0 saturated carbocycles. The van der Waals surface area contributed by atoms with E-state index in [0.717, 1.165) is 22.2 Å². The van der Waals surface area contributed by atoms with Gasteiger partial charge in [-0.3, -0.25) is 4.79 Å². The second-order valence-electron chi connectivity index (χ2n) is 7.58. The van der Waals surface area contributed by atoms with Crippen LogP contribution in [0.4, 0.5) is 0 Å². The van der Waals surface area contributed by atoms with Crippen molar-refractivity contribution in [2.24, 2.45) is 0 Å². The van der Waals surface area contributed by atoms with E-state index in [1.54, 1.807) is 0 Å². The van der Waals surface area contributed by atoms with Crippen LogP contribution in [0.5, 0.6) is 0 Å². The zero-order valence-corrected chi connectivity index (χ0v) is 15.5. The number of hydrogen-bond donors (Lipinski definition) is 1. The highest BCUT2D eigenvalue weighted by molar-refractivity contribution is 6.07. The lowest BCUT2D eigenvalue weighted by Gasteiger charge is -2.21. The molecule has 0 aliphatic rings. The molecule has 1 amide bonds. The topological polar surface area (TPSA) is 42.0 Å². The van der Waals surface area contributed by atoms with Crippen LogP contribution in [-0.2, 0) is 0 Å². The van der Waals surface area contributed by atoms with Gasteiger partial charge in [-0.1, -0.05) is 30.3 Å². The van der Waals surface area contributed by atoms with Gasteiger partial charge in [0.15, 0.2) is 0 Å². The standard InChI is InChI=1S/C22H24N2O/c1-14-10-11-16(12-15(14)2)20-13-18(21(25)24-22(3,4)5)17-8-6-7-9-19(17)23-20/h6-13H,1-5H3,(H,24,25). The van der Waals surface area contributed by atoms with Gasteiger partial charge < -0.3 is 5.32 Å². The zero-order chi connectivity index (χ0) is 18.2. The van der Waals surface area contributed by atoms with Crippen molar-refractivity contribution in [1.29, 1.82) is 0 Å². The Morgan fingerprint density at radius 2 is 1.68 bits per heavy atom. The van der Waals surface area contributed by atoms with Gasteiger partial charge in [0.2, 0.25) is 0 Å². The summed E-state index contributed by atoms with van der Waals surface area (Å²) in [6, 6.07) is 16.0.